The van der Waals surface area contributed by atoms with Gasteiger partial charge in [-0.05, 0) is 45.3 Å². The number of ether oxygens (including phenoxy) is 1. The van der Waals surface area contributed by atoms with Crippen LogP contribution >= 0.6 is 15.9 Å². The number of nitrogens with zero attached hydrogens (tertiary/aromatic N) is 3. The van der Waals surface area contributed by atoms with E-state index in [1.807, 2.05) is 49.3 Å². The molecular formula is C20H21BrN4O2. The predicted octanol–water partition coefficient (Wildman–Crippen LogP) is 4.28. The number of nitrogens with one attached hydrogen (secondary N) is 1. The Morgan fingerprint density at radius 1 is 1.19 bits per heavy atom. The molecule has 0 fully saturated rings. The lowest BCUT2D eigenvalue weighted by atomic mass is 10.1. The van der Waals surface area contributed by atoms with Gasteiger partial charge in [-0.1, -0.05) is 15.9 Å². The van der Waals surface area contributed by atoms with Gasteiger partial charge in [0.2, 0.25) is 5.88 Å². The number of aromatic nitrogens is 2. The van der Waals surface area contributed by atoms with E-state index >= 15 is 0 Å². The fraction of sp³-hybridized carbons (Fsp3) is 0.250. The number of anilines is 2. The number of pyridine rings is 2. The van der Waals surface area contributed by atoms with Crippen molar-refractivity contribution in [3.05, 3.63) is 52.8 Å². The van der Waals surface area contributed by atoms with Gasteiger partial charge < -0.3 is 15.0 Å². The number of likely N-dealkylation sites (N-methyl/N-ethyl adjacent to an activating group) is 1. The summed E-state index contributed by atoms with van der Waals surface area (Å²) in [6.45, 7) is 2.93. The van der Waals surface area contributed by atoms with Crippen molar-refractivity contribution >= 4 is 44.0 Å². The maximum atomic E-state index is 12.1. The van der Waals surface area contributed by atoms with E-state index in [0.717, 1.165) is 33.3 Å². The summed E-state index contributed by atoms with van der Waals surface area (Å²) in [6.07, 6.45) is 3.30. The van der Waals surface area contributed by atoms with Crippen LogP contribution in [-0.2, 0) is 0 Å². The molecule has 0 aliphatic rings. The fourth-order valence-electron chi connectivity index (χ4n) is 2.58. The Hall–Kier alpha value is -2.51. The molecule has 0 unspecified atom stereocenters. The van der Waals surface area contributed by atoms with Gasteiger partial charge in [0, 0.05) is 28.7 Å². The average molecular weight is 429 g/mol. The van der Waals surface area contributed by atoms with E-state index in [9.17, 15) is 4.79 Å². The smallest absolute Gasteiger partial charge is 0.213 e. The molecule has 7 heteroatoms. The lowest BCUT2D eigenvalue weighted by Crippen LogP contribution is -2.19. The first-order valence-corrected chi connectivity index (χ1v) is 9.33. The molecule has 27 heavy (non-hydrogen) atoms. The van der Waals surface area contributed by atoms with Gasteiger partial charge in [0.25, 0.3) is 0 Å². The highest BCUT2D eigenvalue weighted by Crippen LogP contribution is 2.31. The molecule has 2 aromatic heterocycles. The highest BCUT2D eigenvalue weighted by atomic mass is 79.9. The Kier molecular flexibility index (Phi) is 6.03. The Balaban J connectivity index is 1.88. The summed E-state index contributed by atoms with van der Waals surface area (Å²) in [7, 11) is 3.99. The Morgan fingerprint density at radius 3 is 2.67 bits per heavy atom. The van der Waals surface area contributed by atoms with Crippen LogP contribution < -0.4 is 10.1 Å². The van der Waals surface area contributed by atoms with Crippen molar-refractivity contribution in [1.82, 2.24) is 14.9 Å². The zero-order chi connectivity index (χ0) is 19.4. The zero-order valence-corrected chi connectivity index (χ0v) is 17.1. The van der Waals surface area contributed by atoms with E-state index in [1.165, 1.54) is 6.92 Å². The summed E-state index contributed by atoms with van der Waals surface area (Å²) < 4.78 is 6.54. The summed E-state index contributed by atoms with van der Waals surface area (Å²) in [5.41, 5.74) is 2.83. The number of Topliss-reactive ketones (excluding diaryl/α,β-unsaturated/α-hetero) is 1. The number of benzene rings is 1. The molecule has 0 atom stereocenters. The molecular weight excluding hydrogens is 408 g/mol. The molecule has 0 aliphatic carbocycles. The lowest BCUT2D eigenvalue weighted by molar-refractivity contribution is 0.101. The Morgan fingerprint density at radius 2 is 2.00 bits per heavy atom. The van der Waals surface area contributed by atoms with Crippen molar-refractivity contribution in [2.75, 3.05) is 32.6 Å². The van der Waals surface area contributed by atoms with Gasteiger partial charge in [-0.25, -0.2) is 4.98 Å². The molecule has 0 saturated carbocycles. The van der Waals surface area contributed by atoms with Crippen LogP contribution in [0.2, 0.25) is 0 Å². The highest BCUT2D eigenvalue weighted by Gasteiger charge is 2.13. The van der Waals surface area contributed by atoms with Crippen LogP contribution in [0.5, 0.6) is 5.88 Å². The summed E-state index contributed by atoms with van der Waals surface area (Å²) in [5.74, 6) is 0.514. The largest absolute Gasteiger partial charge is 0.476 e. The third kappa shape index (κ3) is 4.81. The molecule has 0 saturated heterocycles. The van der Waals surface area contributed by atoms with Crippen LogP contribution in [0.3, 0.4) is 0 Å². The van der Waals surface area contributed by atoms with E-state index in [4.69, 9.17) is 4.74 Å². The maximum absolute atomic E-state index is 12.1. The molecule has 140 valence electrons. The predicted molar refractivity (Wildman–Crippen MR) is 111 cm³/mol. The monoisotopic (exact) mass is 428 g/mol. The number of hydrogen-bond donors (Lipinski definition) is 1. The summed E-state index contributed by atoms with van der Waals surface area (Å²) in [5, 5.41) is 4.18. The molecule has 6 nitrogen and oxygen atoms in total. The van der Waals surface area contributed by atoms with Gasteiger partial charge >= 0.3 is 0 Å². The van der Waals surface area contributed by atoms with Gasteiger partial charge in [0.1, 0.15) is 6.61 Å². The van der Waals surface area contributed by atoms with Crippen molar-refractivity contribution < 1.29 is 9.53 Å². The van der Waals surface area contributed by atoms with Crippen LogP contribution in [0.1, 0.15) is 17.3 Å². The first kappa shape index (κ1) is 19.3. The van der Waals surface area contributed by atoms with Gasteiger partial charge in [0.15, 0.2) is 5.78 Å². The Bertz CT molecular complexity index is 958. The third-order valence-electron chi connectivity index (χ3n) is 4.00. The number of hydrogen-bond acceptors (Lipinski definition) is 6. The SMILES string of the molecule is CC(=O)c1cnc2ccc(Br)cc2c1Nc1ccc(OCCN(C)C)nc1. The molecule has 0 spiro atoms. The van der Waals surface area contributed by atoms with Crippen LogP contribution in [0.4, 0.5) is 11.4 Å². The van der Waals surface area contributed by atoms with Crippen molar-refractivity contribution in [2.45, 2.75) is 6.92 Å². The minimum Gasteiger partial charge on any atom is -0.476 e. The summed E-state index contributed by atoms with van der Waals surface area (Å²) in [6, 6.07) is 9.47. The Labute approximate surface area is 166 Å². The van der Waals surface area contributed by atoms with Crippen molar-refractivity contribution in [2.24, 2.45) is 0 Å². The van der Waals surface area contributed by atoms with Crippen LogP contribution in [0, 0.1) is 0 Å². The van der Waals surface area contributed by atoms with E-state index in [0.29, 0.717) is 18.1 Å². The number of rotatable bonds is 7. The topological polar surface area (TPSA) is 67.3 Å². The summed E-state index contributed by atoms with van der Waals surface area (Å²) in [4.78, 5) is 22.8. The van der Waals surface area contributed by atoms with Gasteiger partial charge in [-0.15, -0.1) is 0 Å². The lowest BCUT2D eigenvalue weighted by Gasteiger charge is -2.14. The second-order valence-corrected chi connectivity index (χ2v) is 7.34. The first-order chi connectivity index (χ1) is 12.9. The molecule has 0 bridgehead atoms. The number of carbonyl (C=O) groups excluding carboxylic acids is 1. The molecule has 0 amide bonds. The molecule has 1 aromatic carbocycles. The van der Waals surface area contributed by atoms with Crippen molar-refractivity contribution in [3.63, 3.8) is 0 Å². The zero-order valence-electron chi connectivity index (χ0n) is 15.5. The molecule has 0 radical (unpaired) electrons. The standard InChI is InChI=1S/C20H21BrN4O2/c1-13(26)17-12-22-18-6-4-14(21)10-16(18)20(17)24-15-5-7-19(23-11-15)27-9-8-25(2)3/h4-7,10-12H,8-9H2,1-3H3,(H,22,24). The summed E-state index contributed by atoms with van der Waals surface area (Å²) >= 11 is 3.48. The van der Waals surface area contributed by atoms with Crippen LogP contribution in [0.25, 0.3) is 10.9 Å². The minimum absolute atomic E-state index is 0.0523. The average Bonchev–Trinajstić information content (AvgIpc) is 2.63. The highest BCUT2D eigenvalue weighted by molar-refractivity contribution is 9.10. The fourth-order valence-corrected chi connectivity index (χ4v) is 2.94. The number of carbonyl (C=O) groups is 1. The van der Waals surface area contributed by atoms with Gasteiger partial charge in [0.05, 0.1) is 28.7 Å². The molecule has 3 rings (SSSR count). The van der Waals surface area contributed by atoms with E-state index in [1.54, 1.807) is 12.4 Å². The van der Waals surface area contributed by atoms with Crippen molar-refractivity contribution in [3.8, 4) is 5.88 Å². The first-order valence-electron chi connectivity index (χ1n) is 8.54. The normalized spacial score (nSPS) is 11.0. The number of ketones is 1. The number of halogens is 1. The second kappa shape index (κ2) is 8.45. The maximum Gasteiger partial charge on any atom is 0.213 e. The van der Waals surface area contributed by atoms with Crippen molar-refractivity contribution in [1.29, 1.82) is 0 Å². The second-order valence-electron chi connectivity index (χ2n) is 6.43. The van der Waals surface area contributed by atoms with Gasteiger partial charge in [-0.3, -0.25) is 9.78 Å². The molecule has 2 heterocycles. The number of fused-ring (bicyclic) bond motifs is 1. The molecule has 3 aromatic rings. The van der Waals surface area contributed by atoms with E-state index in [-0.39, 0.29) is 5.78 Å². The quantitative estimate of drug-likeness (QED) is 0.566. The van der Waals surface area contributed by atoms with E-state index in [2.05, 4.69) is 31.2 Å². The molecule has 1 N–H and O–H groups in total. The minimum atomic E-state index is -0.0523. The van der Waals surface area contributed by atoms with Crippen LogP contribution in [-0.4, -0.2) is 47.9 Å². The van der Waals surface area contributed by atoms with E-state index < -0.39 is 0 Å². The van der Waals surface area contributed by atoms with Crippen LogP contribution in [0.15, 0.2) is 47.2 Å². The molecule has 0 aliphatic heterocycles. The third-order valence-corrected chi connectivity index (χ3v) is 4.50. The van der Waals surface area contributed by atoms with Gasteiger partial charge in [-0.2, -0.15) is 0 Å².